The van der Waals surface area contributed by atoms with Crippen LogP contribution in [0.3, 0.4) is 0 Å². The topological polar surface area (TPSA) is 56.7 Å². The maximum atomic E-state index is 6.57. The fourth-order valence-electron chi connectivity index (χ4n) is 9.30. The van der Waals surface area contributed by atoms with Crippen LogP contribution in [0.4, 0.5) is 0 Å². The first-order valence-electron chi connectivity index (χ1n) is 20.1. The Hall–Kier alpha value is -7.63. The molecule has 5 nitrogen and oxygen atoms in total. The molecule has 5 heteroatoms. The molecule has 0 unspecified atom stereocenters. The Morgan fingerprint density at radius 3 is 1.76 bits per heavy atom. The molecule has 12 rings (SSSR count). The minimum absolute atomic E-state index is 0.139. The summed E-state index contributed by atoms with van der Waals surface area (Å²) in [7, 11) is 0. The van der Waals surface area contributed by atoms with Gasteiger partial charge in [0.25, 0.3) is 0 Å². The highest BCUT2D eigenvalue weighted by Crippen LogP contribution is 2.49. The summed E-state index contributed by atoms with van der Waals surface area (Å²) >= 11 is 0. The number of hydrogen-bond donors (Lipinski definition) is 0. The van der Waals surface area contributed by atoms with Gasteiger partial charge in [-0.1, -0.05) is 135 Å². The number of hydrogen-bond acceptors (Lipinski definition) is 4. The third kappa shape index (κ3) is 5.21. The van der Waals surface area contributed by atoms with E-state index in [0.717, 1.165) is 71.7 Å². The molecule has 0 radical (unpaired) electrons. The van der Waals surface area contributed by atoms with Gasteiger partial charge in [0, 0.05) is 55.4 Å². The van der Waals surface area contributed by atoms with E-state index < -0.39 is 0 Å². The highest BCUT2D eigenvalue weighted by molar-refractivity contribution is 6.11. The largest absolute Gasteiger partial charge is 0.456 e. The van der Waals surface area contributed by atoms with Crippen molar-refractivity contribution in [1.82, 2.24) is 19.5 Å². The zero-order valence-corrected chi connectivity index (χ0v) is 32.5. The van der Waals surface area contributed by atoms with Crippen molar-refractivity contribution in [2.45, 2.75) is 19.3 Å². The van der Waals surface area contributed by atoms with Crippen LogP contribution in [-0.4, -0.2) is 19.5 Å². The van der Waals surface area contributed by atoms with Crippen molar-refractivity contribution in [3.05, 3.63) is 193 Å². The molecule has 0 spiro atoms. The Kier molecular flexibility index (Phi) is 7.20. The van der Waals surface area contributed by atoms with E-state index in [-0.39, 0.29) is 5.41 Å². The summed E-state index contributed by atoms with van der Waals surface area (Å²) in [4.78, 5) is 15.4. The molecule has 0 saturated heterocycles. The third-order valence-corrected chi connectivity index (χ3v) is 12.3. The van der Waals surface area contributed by atoms with Gasteiger partial charge in [-0.3, -0.25) is 0 Å². The molecule has 1 aliphatic rings. The van der Waals surface area contributed by atoms with Crippen LogP contribution in [0.25, 0.3) is 106 Å². The standard InChI is InChI=1S/C54H36N4O/c1-54(2)45-19-11-9-17-39(45)40-25-22-37(30-46(40)54)53-56-51(34-15-7-4-8-16-34)55-52(57-53)36-23-28-48-44(29-36)41-18-10-12-20-47(41)58(48)38-24-27-43-42-26-21-35(33-13-5-3-6-14-33)31-49(42)59-50(43)32-38/h3-32H,1-2H3. The van der Waals surface area contributed by atoms with Crippen molar-refractivity contribution in [1.29, 1.82) is 0 Å². The smallest absolute Gasteiger partial charge is 0.164 e. The van der Waals surface area contributed by atoms with Gasteiger partial charge < -0.3 is 8.98 Å². The number of rotatable bonds is 5. The van der Waals surface area contributed by atoms with Crippen LogP contribution < -0.4 is 0 Å². The number of benzene rings is 8. The molecule has 0 atom stereocenters. The molecule has 0 saturated carbocycles. The van der Waals surface area contributed by atoms with Crippen molar-refractivity contribution in [3.8, 4) is 62.1 Å². The van der Waals surface area contributed by atoms with Gasteiger partial charge in [-0.2, -0.15) is 0 Å². The monoisotopic (exact) mass is 756 g/mol. The van der Waals surface area contributed by atoms with Gasteiger partial charge in [0.2, 0.25) is 0 Å². The lowest BCUT2D eigenvalue weighted by Crippen LogP contribution is -2.15. The summed E-state index contributed by atoms with van der Waals surface area (Å²) in [6, 6.07) is 64.2. The molecule has 8 aromatic carbocycles. The van der Waals surface area contributed by atoms with Gasteiger partial charge in [0.05, 0.1) is 11.0 Å². The summed E-state index contributed by atoms with van der Waals surface area (Å²) < 4.78 is 8.89. The Morgan fingerprint density at radius 2 is 0.966 bits per heavy atom. The van der Waals surface area contributed by atoms with E-state index in [1.807, 2.05) is 24.3 Å². The summed E-state index contributed by atoms with van der Waals surface area (Å²) in [6.07, 6.45) is 0. The van der Waals surface area contributed by atoms with Crippen LogP contribution in [-0.2, 0) is 5.41 Å². The lowest BCUT2D eigenvalue weighted by molar-refractivity contribution is 0.660. The first-order chi connectivity index (χ1) is 29.0. The number of para-hydroxylation sites is 1. The molecule has 0 N–H and O–H groups in total. The number of nitrogens with zero attached hydrogens (tertiary/aromatic N) is 4. The lowest BCUT2D eigenvalue weighted by Gasteiger charge is -2.21. The van der Waals surface area contributed by atoms with Gasteiger partial charge >= 0.3 is 0 Å². The Bertz CT molecular complexity index is 3470. The van der Waals surface area contributed by atoms with Crippen molar-refractivity contribution in [2.24, 2.45) is 0 Å². The average Bonchev–Trinajstić information content (AvgIpc) is 3.91. The molecule has 3 heterocycles. The van der Waals surface area contributed by atoms with E-state index in [0.29, 0.717) is 17.5 Å². The maximum absolute atomic E-state index is 6.57. The van der Waals surface area contributed by atoms with E-state index in [1.165, 1.54) is 27.8 Å². The molecule has 59 heavy (non-hydrogen) atoms. The second-order valence-corrected chi connectivity index (χ2v) is 16.0. The summed E-state index contributed by atoms with van der Waals surface area (Å²) in [5.74, 6) is 1.93. The zero-order valence-electron chi connectivity index (χ0n) is 32.5. The van der Waals surface area contributed by atoms with Crippen LogP contribution in [0.15, 0.2) is 186 Å². The van der Waals surface area contributed by atoms with E-state index >= 15 is 0 Å². The quantitative estimate of drug-likeness (QED) is 0.175. The SMILES string of the molecule is CC1(C)c2ccccc2-c2ccc(-c3nc(-c4ccccc4)nc(-c4ccc5c(c4)c4ccccc4n5-c4ccc5c(c4)oc4cc(-c6ccccc6)ccc45)n3)cc21. The first-order valence-corrected chi connectivity index (χ1v) is 20.1. The molecule has 0 aliphatic heterocycles. The maximum Gasteiger partial charge on any atom is 0.164 e. The van der Waals surface area contributed by atoms with Gasteiger partial charge in [0.15, 0.2) is 17.5 Å². The van der Waals surface area contributed by atoms with Crippen LogP contribution in [0.1, 0.15) is 25.0 Å². The highest BCUT2D eigenvalue weighted by atomic mass is 16.3. The van der Waals surface area contributed by atoms with Crippen LogP contribution in [0.5, 0.6) is 0 Å². The molecule has 0 amide bonds. The second-order valence-electron chi connectivity index (χ2n) is 16.0. The van der Waals surface area contributed by atoms with E-state index in [4.69, 9.17) is 19.4 Å². The van der Waals surface area contributed by atoms with Crippen molar-refractivity contribution >= 4 is 43.7 Å². The van der Waals surface area contributed by atoms with Crippen LogP contribution in [0.2, 0.25) is 0 Å². The molecular weight excluding hydrogens is 721 g/mol. The third-order valence-electron chi connectivity index (χ3n) is 12.3. The predicted octanol–water partition coefficient (Wildman–Crippen LogP) is 13.8. The zero-order chi connectivity index (χ0) is 39.2. The fourth-order valence-corrected chi connectivity index (χ4v) is 9.30. The number of aromatic nitrogens is 4. The van der Waals surface area contributed by atoms with Gasteiger partial charge in [-0.25, -0.2) is 15.0 Å². The Balaban J connectivity index is 0.994. The number of fused-ring (bicyclic) bond motifs is 9. The molecule has 3 aromatic heterocycles. The van der Waals surface area contributed by atoms with Crippen LogP contribution >= 0.6 is 0 Å². The fraction of sp³-hybridized carbons (Fsp3) is 0.0556. The summed E-state index contributed by atoms with van der Waals surface area (Å²) in [6.45, 7) is 4.61. The molecule has 0 bridgehead atoms. The van der Waals surface area contributed by atoms with Crippen molar-refractivity contribution in [2.75, 3.05) is 0 Å². The van der Waals surface area contributed by atoms with Gasteiger partial charge in [0.1, 0.15) is 11.2 Å². The second kappa shape index (κ2) is 12.7. The molecule has 11 aromatic rings. The molecule has 278 valence electrons. The van der Waals surface area contributed by atoms with Crippen molar-refractivity contribution < 1.29 is 4.42 Å². The molecule has 0 fully saturated rings. The first kappa shape index (κ1) is 33.5. The van der Waals surface area contributed by atoms with E-state index in [2.05, 4.69) is 176 Å². The Morgan fingerprint density at radius 1 is 0.390 bits per heavy atom. The lowest BCUT2D eigenvalue weighted by atomic mass is 9.82. The van der Waals surface area contributed by atoms with Gasteiger partial charge in [-0.05, 0) is 88.0 Å². The number of furan rings is 1. The molecule has 1 aliphatic carbocycles. The summed E-state index contributed by atoms with van der Waals surface area (Å²) in [5.41, 5.74) is 15.2. The van der Waals surface area contributed by atoms with Gasteiger partial charge in [-0.15, -0.1) is 0 Å². The van der Waals surface area contributed by atoms with E-state index in [9.17, 15) is 0 Å². The predicted molar refractivity (Wildman–Crippen MR) is 241 cm³/mol. The van der Waals surface area contributed by atoms with E-state index in [1.54, 1.807) is 0 Å². The average molecular weight is 757 g/mol. The minimum atomic E-state index is -0.139. The molecular formula is C54H36N4O. The normalized spacial score (nSPS) is 13.1. The highest BCUT2D eigenvalue weighted by Gasteiger charge is 2.35. The van der Waals surface area contributed by atoms with Crippen molar-refractivity contribution in [3.63, 3.8) is 0 Å². The van der Waals surface area contributed by atoms with Crippen LogP contribution in [0, 0.1) is 0 Å². The minimum Gasteiger partial charge on any atom is -0.456 e. The summed E-state index contributed by atoms with van der Waals surface area (Å²) in [5, 5.41) is 4.48. The Labute approximate surface area is 340 Å².